The van der Waals surface area contributed by atoms with Crippen LogP contribution in [-0.4, -0.2) is 17.7 Å². The quantitative estimate of drug-likeness (QED) is 0.381. The van der Waals surface area contributed by atoms with Crippen LogP contribution in [0.3, 0.4) is 0 Å². The van der Waals surface area contributed by atoms with Gasteiger partial charge in [-0.25, -0.2) is 0 Å². The molecule has 8 heteroatoms. The van der Waals surface area contributed by atoms with Gasteiger partial charge in [-0.15, -0.1) is 11.3 Å². The fourth-order valence-electron chi connectivity index (χ4n) is 2.98. The number of carbonyl (C=O) groups excluding carboxylic acids is 3. The third-order valence-electron chi connectivity index (χ3n) is 4.51. The van der Waals surface area contributed by atoms with Gasteiger partial charge in [0.15, 0.2) is 5.76 Å². The minimum atomic E-state index is -0.349. The standard InChI is InChI=1S/C24H19N3O4S/c28-22(17-6-2-8-19(14-17)27-24(30)21-10-4-12-32-21)25-15-16-5-1-7-18(13-16)26-23(29)20-9-3-11-31-20/h1-14H,15H2,(H,25,28)(H,26,29)(H,27,30). The van der Waals surface area contributed by atoms with Crippen LogP contribution < -0.4 is 16.0 Å². The molecule has 32 heavy (non-hydrogen) atoms. The molecule has 0 radical (unpaired) electrons. The number of thiophene rings is 1. The molecule has 0 aliphatic carbocycles. The molecular weight excluding hydrogens is 426 g/mol. The number of hydrogen-bond donors (Lipinski definition) is 3. The van der Waals surface area contributed by atoms with Crippen molar-refractivity contribution in [3.8, 4) is 0 Å². The first-order chi connectivity index (χ1) is 15.6. The number of amides is 3. The van der Waals surface area contributed by atoms with Crippen molar-refractivity contribution in [3.63, 3.8) is 0 Å². The molecular formula is C24H19N3O4S. The molecule has 0 aliphatic heterocycles. The molecule has 3 amide bonds. The van der Waals surface area contributed by atoms with Crippen LogP contribution in [0.15, 0.2) is 88.9 Å². The Hall–Kier alpha value is -4.17. The van der Waals surface area contributed by atoms with Crippen LogP contribution in [0.5, 0.6) is 0 Å². The molecule has 2 aromatic heterocycles. The van der Waals surface area contributed by atoms with Gasteiger partial charge in [-0.2, -0.15) is 0 Å². The Bertz CT molecular complexity index is 1230. The highest BCUT2D eigenvalue weighted by Gasteiger charge is 2.11. The molecule has 0 bridgehead atoms. The predicted molar refractivity (Wildman–Crippen MR) is 123 cm³/mol. The molecule has 2 heterocycles. The molecule has 4 rings (SSSR count). The number of hydrogen-bond acceptors (Lipinski definition) is 5. The van der Waals surface area contributed by atoms with Crippen molar-refractivity contribution >= 4 is 40.4 Å². The average Bonchev–Trinajstić information content (AvgIpc) is 3.52. The Labute approximate surface area is 188 Å². The summed E-state index contributed by atoms with van der Waals surface area (Å²) >= 11 is 1.35. The first kappa shape index (κ1) is 21.1. The smallest absolute Gasteiger partial charge is 0.291 e. The highest BCUT2D eigenvalue weighted by Crippen LogP contribution is 2.16. The Morgan fingerprint density at radius 2 is 1.56 bits per heavy atom. The van der Waals surface area contributed by atoms with Crippen molar-refractivity contribution < 1.29 is 18.8 Å². The van der Waals surface area contributed by atoms with E-state index in [0.717, 1.165) is 5.56 Å². The van der Waals surface area contributed by atoms with Crippen molar-refractivity contribution in [1.29, 1.82) is 0 Å². The van der Waals surface area contributed by atoms with Gasteiger partial charge < -0.3 is 20.4 Å². The lowest BCUT2D eigenvalue weighted by Gasteiger charge is -2.09. The van der Waals surface area contributed by atoms with E-state index in [2.05, 4.69) is 16.0 Å². The SMILES string of the molecule is O=C(NCc1cccc(NC(=O)c2ccco2)c1)c1cccc(NC(=O)c2cccs2)c1. The van der Waals surface area contributed by atoms with Crippen LogP contribution in [0.1, 0.15) is 36.1 Å². The molecule has 0 saturated carbocycles. The number of rotatable bonds is 7. The largest absolute Gasteiger partial charge is 0.459 e. The summed E-state index contributed by atoms with van der Waals surface area (Å²) in [4.78, 5) is 37.5. The maximum atomic E-state index is 12.6. The lowest BCUT2D eigenvalue weighted by Crippen LogP contribution is -2.23. The van der Waals surface area contributed by atoms with Gasteiger partial charge in [0.25, 0.3) is 17.7 Å². The normalized spacial score (nSPS) is 10.4. The fraction of sp³-hybridized carbons (Fsp3) is 0.0417. The van der Waals surface area contributed by atoms with Crippen LogP contribution in [-0.2, 0) is 6.54 Å². The molecule has 0 saturated heterocycles. The molecule has 3 N–H and O–H groups in total. The van der Waals surface area contributed by atoms with Crippen LogP contribution in [0.25, 0.3) is 0 Å². The Morgan fingerprint density at radius 3 is 2.31 bits per heavy atom. The number of nitrogens with one attached hydrogen (secondary N) is 3. The van der Waals surface area contributed by atoms with Crippen molar-refractivity contribution in [3.05, 3.63) is 106 Å². The van der Waals surface area contributed by atoms with Crippen molar-refractivity contribution in [2.75, 3.05) is 10.6 Å². The summed E-state index contributed by atoms with van der Waals surface area (Å²) in [5.41, 5.74) is 2.38. The Kier molecular flexibility index (Phi) is 6.43. The van der Waals surface area contributed by atoms with Gasteiger partial charge >= 0.3 is 0 Å². The maximum Gasteiger partial charge on any atom is 0.291 e. The van der Waals surface area contributed by atoms with Gasteiger partial charge in [-0.1, -0.05) is 24.3 Å². The van der Waals surface area contributed by atoms with Crippen molar-refractivity contribution in [2.24, 2.45) is 0 Å². The first-order valence-corrected chi connectivity index (χ1v) is 10.6. The molecule has 0 aliphatic rings. The molecule has 160 valence electrons. The topological polar surface area (TPSA) is 100 Å². The minimum absolute atomic E-state index is 0.217. The van der Waals surface area contributed by atoms with E-state index < -0.39 is 0 Å². The van der Waals surface area contributed by atoms with Gasteiger partial charge in [0.05, 0.1) is 11.1 Å². The van der Waals surface area contributed by atoms with Gasteiger partial charge in [-0.3, -0.25) is 14.4 Å². The summed E-state index contributed by atoms with van der Waals surface area (Å²) in [5, 5.41) is 10.2. The van der Waals surface area contributed by atoms with Crippen molar-refractivity contribution in [1.82, 2.24) is 5.32 Å². The third-order valence-corrected chi connectivity index (χ3v) is 5.38. The monoisotopic (exact) mass is 445 g/mol. The summed E-state index contributed by atoms with van der Waals surface area (Å²) in [7, 11) is 0. The lowest BCUT2D eigenvalue weighted by molar-refractivity contribution is 0.0948. The van der Waals surface area contributed by atoms with Gasteiger partial charge in [0, 0.05) is 23.5 Å². The molecule has 4 aromatic rings. The predicted octanol–water partition coefficient (Wildman–Crippen LogP) is 4.78. The Morgan fingerprint density at radius 1 is 0.781 bits per heavy atom. The number of carbonyl (C=O) groups is 3. The molecule has 2 aromatic carbocycles. The van der Waals surface area contributed by atoms with Gasteiger partial charge in [-0.05, 0) is 59.5 Å². The lowest BCUT2D eigenvalue weighted by atomic mass is 10.1. The zero-order valence-electron chi connectivity index (χ0n) is 16.8. The van der Waals surface area contributed by atoms with Gasteiger partial charge in [0.2, 0.25) is 0 Å². The van der Waals surface area contributed by atoms with E-state index >= 15 is 0 Å². The summed E-state index contributed by atoms with van der Waals surface area (Å²) in [6.07, 6.45) is 1.43. The number of anilines is 2. The van der Waals surface area contributed by atoms with Crippen LogP contribution in [0.4, 0.5) is 11.4 Å². The molecule has 0 atom stereocenters. The van der Waals surface area contributed by atoms with E-state index in [9.17, 15) is 14.4 Å². The van der Waals surface area contributed by atoms with Crippen LogP contribution in [0.2, 0.25) is 0 Å². The first-order valence-electron chi connectivity index (χ1n) is 9.75. The highest BCUT2D eigenvalue weighted by atomic mass is 32.1. The summed E-state index contributed by atoms with van der Waals surface area (Å²) in [5.74, 6) is -0.624. The summed E-state index contributed by atoms with van der Waals surface area (Å²) in [6, 6.07) is 20.7. The molecule has 0 fully saturated rings. The average molecular weight is 446 g/mol. The second-order valence-corrected chi connectivity index (χ2v) is 7.77. The maximum absolute atomic E-state index is 12.6. The summed E-state index contributed by atoms with van der Waals surface area (Å²) in [6.45, 7) is 0.273. The van der Waals surface area contributed by atoms with Crippen molar-refractivity contribution in [2.45, 2.75) is 6.54 Å². The van der Waals surface area contributed by atoms with Gasteiger partial charge in [0.1, 0.15) is 0 Å². The zero-order valence-corrected chi connectivity index (χ0v) is 17.6. The number of furan rings is 1. The second kappa shape index (κ2) is 9.76. The van der Waals surface area contributed by atoms with Crippen LogP contribution >= 0.6 is 11.3 Å². The highest BCUT2D eigenvalue weighted by molar-refractivity contribution is 7.12. The second-order valence-electron chi connectivity index (χ2n) is 6.83. The molecule has 7 nitrogen and oxygen atoms in total. The third kappa shape index (κ3) is 5.30. The van der Waals surface area contributed by atoms with E-state index in [1.807, 2.05) is 11.4 Å². The zero-order chi connectivity index (χ0) is 22.3. The fourth-order valence-corrected chi connectivity index (χ4v) is 3.60. The minimum Gasteiger partial charge on any atom is -0.459 e. The summed E-state index contributed by atoms with van der Waals surface area (Å²) < 4.78 is 5.09. The van der Waals surface area contributed by atoms with E-state index in [-0.39, 0.29) is 30.0 Å². The molecule has 0 spiro atoms. The number of benzene rings is 2. The van der Waals surface area contributed by atoms with E-state index in [1.54, 1.807) is 66.7 Å². The van der Waals surface area contributed by atoms with E-state index in [1.165, 1.54) is 17.6 Å². The van der Waals surface area contributed by atoms with E-state index in [0.29, 0.717) is 21.8 Å². The van der Waals surface area contributed by atoms with Crippen LogP contribution in [0, 0.1) is 0 Å². The van der Waals surface area contributed by atoms with E-state index in [4.69, 9.17) is 4.42 Å². The molecule has 0 unspecified atom stereocenters. The Balaban J connectivity index is 1.35.